The van der Waals surface area contributed by atoms with Crippen molar-refractivity contribution in [2.24, 2.45) is 5.73 Å². The Labute approximate surface area is 132 Å². The van der Waals surface area contributed by atoms with Crippen molar-refractivity contribution >= 4 is 11.6 Å². The largest absolute Gasteiger partial charge is 0.375 e. The third kappa shape index (κ3) is 4.43. The van der Waals surface area contributed by atoms with Gasteiger partial charge in [0.2, 0.25) is 0 Å². The first kappa shape index (κ1) is 16.8. The number of halogens is 1. The Balaban J connectivity index is 2.15. The summed E-state index contributed by atoms with van der Waals surface area (Å²) in [6, 6.07) is 7.76. The highest BCUT2D eigenvalue weighted by atomic mass is 35.5. The second-order valence-corrected chi connectivity index (χ2v) is 6.41. The fraction of sp³-hybridized carbons (Fsp3) is 0.647. The van der Waals surface area contributed by atoms with Crippen LogP contribution in [0.15, 0.2) is 24.3 Å². The molecule has 1 fully saturated rings. The van der Waals surface area contributed by atoms with Gasteiger partial charge in [0.25, 0.3) is 0 Å². The van der Waals surface area contributed by atoms with Crippen LogP contribution >= 0.6 is 11.6 Å². The van der Waals surface area contributed by atoms with Crippen molar-refractivity contribution in [3.63, 3.8) is 0 Å². The molecule has 118 valence electrons. The van der Waals surface area contributed by atoms with Crippen LogP contribution in [0.1, 0.15) is 51.7 Å². The van der Waals surface area contributed by atoms with E-state index in [0.29, 0.717) is 0 Å². The highest BCUT2D eigenvalue weighted by Gasteiger charge is 2.30. The molecule has 3 nitrogen and oxygen atoms in total. The molecule has 0 bridgehead atoms. The molecular formula is C17H26ClNO2. The standard InChI is InChI=1S/C17H26ClNO2/c1-4-16(19)17(14-7-5-6-8-15(14)18)21-13-9-11(2)20-12(3)10-13/h5-8,11-13,16-17H,4,9-10,19H2,1-3H3. The summed E-state index contributed by atoms with van der Waals surface area (Å²) in [7, 11) is 0. The molecule has 0 aliphatic carbocycles. The Morgan fingerprint density at radius 3 is 2.48 bits per heavy atom. The minimum atomic E-state index is -0.161. The SMILES string of the molecule is CCC(N)C(OC1CC(C)OC(C)C1)c1ccccc1Cl. The smallest absolute Gasteiger partial charge is 0.0993 e. The van der Waals surface area contributed by atoms with Crippen molar-refractivity contribution in [2.75, 3.05) is 0 Å². The predicted octanol–water partition coefficient (Wildman–Crippen LogP) is 4.09. The first-order valence-corrected chi connectivity index (χ1v) is 8.20. The van der Waals surface area contributed by atoms with Crippen LogP contribution in [0.4, 0.5) is 0 Å². The predicted molar refractivity (Wildman–Crippen MR) is 86.6 cm³/mol. The van der Waals surface area contributed by atoms with Gasteiger partial charge in [0.15, 0.2) is 0 Å². The van der Waals surface area contributed by atoms with E-state index in [-0.39, 0.29) is 30.5 Å². The van der Waals surface area contributed by atoms with Crippen LogP contribution in [0.5, 0.6) is 0 Å². The van der Waals surface area contributed by atoms with E-state index >= 15 is 0 Å². The molecule has 1 aliphatic rings. The maximum absolute atomic E-state index is 6.36. The highest BCUT2D eigenvalue weighted by molar-refractivity contribution is 6.31. The molecule has 0 radical (unpaired) electrons. The van der Waals surface area contributed by atoms with Gasteiger partial charge in [-0.3, -0.25) is 0 Å². The van der Waals surface area contributed by atoms with E-state index in [2.05, 4.69) is 20.8 Å². The number of hydrogen-bond acceptors (Lipinski definition) is 3. The zero-order chi connectivity index (χ0) is 15.4. The van der Waals surface area contributed by atoms with E-state index in [9.17, 15) is 0 Å². The molecule has 4 unspecified atom stereocenters. The minimum Gasteiger partial charge on any atom is -0.375 e. The van der Waals surface area contributed by atoms with Gasteiger partial charge < -0.3 is 15.2 Å². The number of nitrogens with two attached hydrogens (primary N) is 1. The van der Waals surface area contributed by atoms with Crippen molar-refractivity contribution in [2.45, 2.75) is 70.5 Å². The summed E-state index contributed by atoms with van der Waals surface area (Å²) in [4.78, 5) is 0. The van der Waals surface area contributed by atoms with Gasteiger partial charge in [0.05, 0.1) is 24.4 Å². The van der Waals surface area contributed by atoms with Gasteiger partial charge in [-0.2, -0.15) is 0 Å². The first-order chi connectivity index (χ1) is 10.0. The summed E-state index contributed by atoms with van der Waals surface area (Å²) in [5, 5.41) is 0.722. The van der Waals surface area contributed by atoms with Crippen LogP contribution < -0.4 is 5.73 Å². The first-order valence-electron chi connectivity index (χ1n) is 7.82. The second kappa shape index (κ2) is 7.59. The lowest BCUT2D eigenvalue weighted by molar-refractivity contribution is -0.127. The van der Waals surface area contributed by atoms with E-state index in [1.165, 1.54) is 0 Å². The van der Waals surface area contributed by atoms with E-state index < -0.39 is 0 Å². The summed E-state index contributed by atoms with van der Waals surface area (Å²) in [5.74, 6) is 0. The molecule has 0 spiro atoms. The van der Waals surface area contributed by atoms with E-state index in [0.717, 1.165) is 29.8 Å². The summed E-state index contributed by atoms with van der Waals surface area (Å²) in [6.45, 7) is 6.26. The van der Waals surface area contributed by atoms with Crippen molar-refractivity contribution in [3.05, 3.63) is 34.9 Å². The van der Waals surface area contributed by atoms with Gasteiger partial charge in [0.1, 0.15) is 0 Å². The van der Waals surface area contributed by atoms with Gasteiger partial charge >= 0.3 is 0 Å². The van der Waals surface area contributed by atoms with Crippen LogP contribution in [0.25, 0.3) is 0 Å². The summed E-state index contributed by atoms with van der Waals surface area (Å²) < 4.78 is 12.1. The Morgan fingerprint density at radius 2 is 1.90 bits per heavy atom. The van der Waals surface area contributed by atoms with E-state index in [4.69, 9.17) is 26.8 Å². The van der Waals surface area contributed by atoms with Crippen LogP contribution in [0.2, 0.25) is 5.02 Å². The summed E-state index contributed by atoms with van der Waals surface area (Å²) >= 11 is 6.33. The van der Waals surface area contributed by atoms with Gasteiger partial charge in [-0.05, 0) is 39.2 Å². The van der Waals surface area contributed by atoms with Gasteiger partial charge in [0, 0.05) is 16.6 Å². The fourth-order valence-electron chi connectivity index (χ4n) is 2.99. The topological polar surface area (TPSA) is 44.5 Å². The van der Waals surface area contributed by atoms with Crippen LogP contribution in [0, 0.1) is 0 Å². The lowest BCUT2D eigenvalue weighted by Crippen LogP contribution is -2.38. The number of rotatable bonds is 5. The Kier molecular flexibility index (Phi) is 6.06. The number of hydrogen-bond donors (Lipinski definition) is 1. The molecule has 0 saturated carbocycles. The average Bonchev–Trinajstić information content (AvgIpc) is 2.44. The third-order valence-corrected chi connectivity index (χ3v) is 4.41. The molecule has 1 saturated heterocycles. The quantitative estimate of drug-likeness (QED) is 0.890. The molecule has 4 atom stereocenters. The molecule has 1 aliphatic heterocycles. The van der Waals surface area contributed by atoms with Gasteiger partial charge in [-0.25, -0.2) is 0 Å². The van der Waals surface area contributed by atoms with Crippen molar-refractivity contribution in [1.82, 2.24) is 0 Å². The zero-order valence-electron chi connectivity index (χ0n) is 13.1. The third-order valence-electron chi connectivity index (χ3n) is 4.07. The zero-order valence-corrected chi connectivity index (χ0v) is 13.8. The lowest BCUT2D eigenvalue weighted by Gasteiger charge is -2.36. The van der Waals surface area contributed by atoms with Crippen LogP contribution in [-0.4, -0.2) is 24.4 Å². The monoisotopic (exact) mass is 311 g/mol. The van der Waals surface area contributed by atoms with E-state index in [1.54, 1.807) is 0 Å². The second-order valence-electron chi connectivity index (χ2n) is 6.00. The van der Waals surface area contributed by atoms with Gasteiger partial charge in [-0.15, -0.1) is 0 Å². The fourth-order valence-corrected chi connectivity index (χ4v) is 3.23. The maximum atomic E-state index is 6.36. The number of benzene rings is 1. The molecule has 2 N–H and O–H groups in total. The van der Waals surface area contributed by atoms with Gasteiger partial charge in [-0.1, -0.05) is 36.7 Å². The number of ether oxygens (including phenoxy) is 2. The van der Waals surface area contributed by atoms with Crippen molar-refractivity contribution < 1.29 is 9.47 Å². The Morgan fingerprint density at radius 1 is 1.29 bits per heavy atom. The molecule has 1 aromatic carbocycles. The minimum absolute atomic E-state index is 0.0571. The summed E-state index contributed by atoms with van der Waals surface area (Å²) in [6.07, 6.45) is 3.12. The normalized spacial score (nSPS) is 29.1. The van der Waals surface area contributed by atoms with Crippen LogP contribution in [-0.2, 0) is 9.47 Å². The summed E-state index contributed by atoms with van der Waals surface area (Å²) in [5.41, 5.74) is 7.28. The maximum Gasteiger partial charge on any atom is 0.0993 e. The highest BCUT2D eigenvalue weighted by Crippen LogP contribution is 2.33. The van der Waals surface area contributed by atoms with Crippen molar-refractivity contribution in [3.8, 4) is 0 Å². The molecule has 21 heavy (non-hydrogen) atoms. The Hall–Kier alpha value is -0.610. The molecule has 1 aromatic rings. The molecule has 0 amide bonds. The van der Waals surface area contributed by atoms with Crippen LogP contribution in [0.3, 0.4) is 0 Å². The molecule has 4 heteroatoms. The van der Waals surface area contributed by atoms with Crippen molar-refractivity contribution in [1.29, 1.82) is 0 Å². The molecule has 0 aromatic heterocycles. The Bertz CT molecular complexity index is 444. The van der Waals surface area contributed by atoms with E-state index in [1.807, 2.05) is 24.3 Å². The molecular weight excluding hydrogens is 286 g/mol. The lowest BCUT2D eigenvalue weighted by atomic mass is 9.98. The average molecular weight is 312 g/mol. The molecule has 2 rings (SSSR count). The molecule has 1 heterocycles.